The Morgan fingerprint density at radius 1 is 1.40 bits per heavy atom. The van der Waals surface area contributed by atoms with Gasteiger partial charge < -0.3 is 4.74 Å². The van der Waals surface area contributed by atoms with Gasteiger partial charge in [0, 0.05) is 0 Å². The average molecular weight is 140 g/mol. The van der Waals surface area contributed by atoms with Crippen LogP contribution in [0.2, 0.25) is 0 Å². The van der Waals surface area contributed by atoms with E-state index >= 15 is 0 Å². The molecule has 1 nitrogen and oxygen atoms in total. The number of hydrogen-bond donors (Lipinski definition) is 0. The lowest BCUT2D eigenvalue weighted by molar-refractivity contribution is 0.0670. The van der Waals surface area contributed by atoms with Gasteiger partial charge in [-0.2, -0.15) is 0 Å². The third-order valence-electron chi connectivity index (χ3n) is 2.24. The van der Waals surface area contributed by atoms with Crippen molar-refractivity contribution in [2.75, 3.05) is 0 Å². The monoisotopic (exact) mass is 140 g/mol. The van der Waals surface area contributed by atoms with E-state index in [-0.39, 0.29) is 0 Å². The van der Waals surface area contributed by atoms with Crippen molar-refractivity contribution in [3.05, 3.63) is 12.3 Å². The molecular weight excluding hydrogens is 124 g/mol. The minimum absolute atomic E-state index is 0.481. The van der Waals surface area contributed by atoms with Gasteiger partial charge in [0.05, 0.1) is 6.26 Å². The maximum atomic E-state index is 5.45. The Morgan fingerprint density at radius 2 is 2.20 bits per heavy atom. The SMILES string of the molecule is CCC1CC=COC1CC. The van der Waals surface area contributed by atoms with Gasteiger partial charge in [-0.25, -0.2) is 0 Å². The molecule has 0 fully saturated rings. The van der Waals surface area contributed by atoms with E-state index in [1.54, 1.807) is 0 Å². The normalized spacial score (nSPS) is 31.8. The summed E-state index contributed by atoms with van der Waals surface area (Å²) < 4.78 is 5.45. The first-order chi connectivity index (χ1) is 4.88. The molecule has 0 saturated carbocycles. The van der Waals surface area contributed by atoms with Crippen LogP contribution >= 0.6 is 0 Å². The molecule has 0 bridgehead atoms. The van der Waals surface area contributed by atoms with Crippen LogP contribution in [0.15, 0.2) is 12.3 Å². The molecule has 0 saturated heterocycles. The summed E-state index contributed by atoms with van der Waals surface area (Å²) in [5.41, 5.74) is 0. The third kappa shape index (κ3) is 1.53. The topological polar surface area (TPSA) is 9.23 Å². The predicted octanol–water partition coefficient (Wildman–Crippen LogP) is 2.73. The van der Waals surface area contributed by atoms with Crippen LogP contribution in [-0.4, -0.2) is 6.10 Å². The summed E-state index contributed by atoms with van der Waals surface area (Å²) in [6.07, 6.45) is 8.04. The van der Waals surface area contributed by atoms with E-state index in [1.165, 1.54) is 12.8 Å². The van der Waals surface area contributed by atoms with Gasteiger partial charge >= 0.3 is 0 Å². The first-order valence-electron chi connectivity index (χ1n) is 4.19. The standard InChI is InChI=1S/C9H16O/c1-3-8-6-5-7-10-9(8)4-2/h5,7-9H,3-4,6H2,1-2H3. The van der Waals surface area contributed by atoms with E-state index in [4.69, 9.17) is 4.74 Å². The summed E-state index contributed by atoms with van der Waals surface area (Å²) in [5.74, 6) is 0.759. The highest BCUT2D eigenvalue weighted by Crippen LogP contribution is 2.23. The van der Waals surface area contributed by atoms with E-state index < -0.39 is 0 Å². The van der Waals surface area contributed by atoms with Crippen molar-refractivity contribution in [1.29, 1.82) is 0 Å². The first-order valence-corrected chi connectivity index (χ1v) is 4.19. The fraction of sp³-hybridized carbons (Fsp3) is 0.778. The minimum Gasteiger partial charge on any atom is -0.498 e. The fourth-order valence-electron chi connectivity index (χ4n) is 1.51. The molecule has 1 heteroatoms. The van der Waals surface area contributed by atoms with E-state index in [0.29, 0.717) is 6.10 Å². The zero-order valence-corrected chi connectivity index (χ0v) is 6.84. The first kappa shape index (κ1) is 7.64. The summed E-state index contributed by atoms with van der Waals surface area (Å²) >= 11 is 0. The van der Waals surface area contributed by atoms with E-state index in [2.05, 4.69) is 19.9 Å². The molecule has 1 heterocycles. The van der Waals surface area contributed by atoms with Crippen LogP contribution in [0.1, 0.15) is 33.1 Å². The van der Waals surface area contributed by atoms with Crippen molar-refractivity contribution >= 4 is 0 Å². The maximum absolute atomic E-state index is 5.45. The molecule has 2 atom stereocenters. The van der Waals surface area contributed by atoms with Crippen LogP contribution in [0, 0.1) is 5.92 Å². The lowest BCUT2D eigenvalue weighted by atomic mass is 9.93. The second-order valence-corrected chi connectivity index (χ2v) is 2.86. The molecule has 1 aliphatic rings. The molecule has 0 amide bonds. The predicted molar refractivity (Wildman–Crippen MR) is 42.7 cm³/mol. The second kappa shape index (κ2) is 3.65. The van der Waals surface area contributed by atoms with Gasteiger partial charge in [-0.3, -0.25) is 0 Å². The average Bonchev–Trinajstić information content (AvgIpc) is 2.04. The number of ether oxygens (including phenoxy) is 1. The zero-order chi connectivity index (χ0) is 7.40. The molecule has 0 aliphatic carbocycles. The number of allylic oxidation sites excluding steroid dienone is 1. The Morgan fingerprint density at radius 3 is 2.70 bits per heavy atom. The van der Waals surface area contributed by atoms with Crippen molar-refractivity contribution in [2.45, 2.75) is 39.2 Å². The van der Waals surface area contributed by atoms with Gasteiger partial charge in [0.15, 0.2) is 0 Å². The number of hydrogen-bond acceptors (Lipinski definition) is 1. The van der Waals surface area contributed by atoms with Crippen LogP contribution in [0.4, 0.5) is 0 Å². The molecule has 0 spiro atoms. The van der Waals surface area contributed by atoms with Crippen LogP contribution < -0.4 is 0 Å². The smallest absolute Gasteiger partial charge is 0.101 e. The van der Waals surface area contributed by atoms with Gasteiger partial charge in [-0.05, 0) is 31.3 Å². The second-order valence-electron chi connectivity index (χ2n) is 2.86. The third-order valence-corrected chi connectivity index (χ3v) is 2.24. The largest absolute Gasteiger partial charge is 0.498 e. The van der Waals surface area contributed by atoms with E-state index in [1.807, 2.05) is 6.26 Å². The maximum Gasteiger partial charge on any atom is 0.101 e. The lowest BCUT2D eigenvalue weighted by Crippen LogP contribution is -2.23. The van der Waals surface area contributed by atoms with Crippen molar-refractivity contribution in [3.8, 4) is 0 Å². The van der Waals surface area contributed by atoms with Gasteiger partial charge in [-0.1, -0.05) is 13.8 Å². The van der Waals surface area contributed by atoms with Gasteiger partial charge in [0.1, 0.15) is 6.10 Å². The highest BCUT2D eigenvalue weighted by molar-refractivity contribution is 4.87. The van der Waals surface area contributed by atoms with Crippen LogP contribution in [-0.2, 0) is 4.74 Å². The van der Waals surface area contributed by atoms with Gasteiger partial charge in [0.25, 0.3) is 0 Å². The Hall–Kier alpha value is -0.460. The highest BCUT2D eigenvalue weighted by atomic mass is 16.5. The van der Waals surface area contributed by atoms with Gasteiger partial charge in [0.2, 0.25) is 0 Å². The summed E-state index contributed by atoms with van der Waals surface area (Å²) in [5, 5.41) is 0. The molecule has 1 rings (SSSR count). The number of rotatable bonds is 2. The molecule has 0 aromatic rings. The van der Waals surface area contributed by atoms with Crippen LogP contribution in [0.25, 0.3) is 0 Å². The summed E-state index contributed by atoms with van der Waals surface area (Å²) in [7, 11) is 0. The summed E-state index contributed by atoms with van der Waals surface area (Å²) in [6, 6.07) is 0. The van der Waals surface area contributed by atoms with E-state index in [9.17, 15) is 0 Å². The van der Waals surface area contributed by atoms with E-state index in [0.717, 1.165) is 12.3 Å². The molecule has 0 N–H and O–H groups in total. The van der Waals surface area contributed by atoms with Crippen molar-refractivity contribution in [3.63, 3.8) is 0 Å². The highest BCUT2D eigenvalue weighted by Gasteiger charge is 2.19. The molecule has 0 aromatic heterocycles. The molecule has 58 valence electrons. The van der Waals surface area contributed by atoms with Crippen molar-refractivity contribution < 1.29 is 4.74 Å². The zero-order valence-electron chi connectivity index (χ0n) is 6.84. The molecule has 0 radical (unpaired) electrons. The van der Waals surface area contributed by atoms with Crippen LogP contribution in [0.3, 0.4) is 0 Å². The van der Waals surface area contributed by atoms with Crippen molar-refractivity contribution in [2.24, 2.45) is 5.92 Å². The van der Waals surface area contributed by atoms with Crippen LogP contribution in [0.5, 0.6) is 0 Å². The quantitative estimate of drug-likeness (QED) is 0.573. The summed E-state index contributed by atoms with van der Waals surface area (Å²) in [4.78, 5) is 0. The molecule has 10 heavy (non-hydrogen) atoms. The Kier molecular flexibility index (Phi) is 2.79. The fourth-order valence-corrected chi connectivity index (χ4v) is 1.51. The molecule has 0 aromatic carbocycles. The Labute approximate surface area is 63.1 Å². The lowest BCUT2D eigenvalue weighted by Gasteiger charge is -2.26. The summed E-state index contributed by atoms with van der Waals surface area (Å²) in [6.45, 7) is 4.42. The minimum atomic E-state index is 0.481. The molecular formula is C9H16O. The molecule has 1 aliphatic heterocycles. The Balaban J connectivity index is 2.45. The molecule has 2 unspecified atom stereocenters. The Bertz CT molecular complexity index is 104. The van der Waals surface area contributed by atoms with Gasteiger partial charge in [-0.15, -0.1) is 0 Å². The van der Waals surface area contributed by atoms with Crippen molar-refractivity contribution in [1.82, 2.24) is 0 Å².